The van der Waals surface area contributed by atoms with E-state index in [4.69, 9.17) is 10.5 Å². The topological polar surface area (TPSA) is 79.0 Å². The number of pyridine rings is 1. The first kappa shape index (κ1) is 19.0. The zero-order valence-corrected chi connectivity index (χ0v) is 16.1. The Morgan fingerprint density at radius 3 is 2.78 bits per heavy atom. The van der Waals surface area contributed by atoms with E-state index in [0.717, 1.165) is 55.5 Å². The molecule has 1 aromatic heterocycles. The lowest BCUT2D eigenvalue weighted by Gasteiger charge is -2.34. The van der Waals surface area contributed by atoms with Gasteiger partial charge in [0.1, 0.15) is 11.6 Å². The van der Waals surface area contributed by atoms with Gasteiger partial charge >= 0.3 is 0 Å². The van der Waals surface area contributed by atoms with Crippen LogP contribution in [-0.4, -0.2) is 55.7 Å². The molecule has 2 heterocycles. The average molecular weight is 368 g/mol. The molecule has 7 heteroatoms. The van der Waals surface area contributed by atoms with Crippen LogP contribution in [0, 0.1) is 0 Å². The Morgan fingerprint density at radius 1 is 1.22 bits per heavy atom. The third-order valence-electron chi connectivity index (χ3n) is 4.73. The van der Waals surface area contributed by atoms with Gasteiger partial charge in [0.2, 0.25) is 0 Å². The number of aromatic nitrogens is 1. The number of benzene rings is 1. The highest BCUT2D eigenvalue weighted by Gasteiger charge is 2.16. The molecule has 3 rings (SSSR count). The fraction of sp³-hybridized carbons (Fsp3) is 0.400. The highest BCUT2D eigenvalue weighted by molar-refractivity contribution is 5.92. The summed E-state index contributed by atoms with van der Waals surface area (Å²) in [6, 6.07) is 11.7. The summed E-state index contributed by atoms with van der Waals surface area (Å²) in [7, 11) is 1.64. The van der Waals surface area contributed by atoms with Crippen LogP contribution in [0.5, 0.6) is 5.75 Å². The van der Waals surface area contributed by atoms with Crippen LogP contribution in [0.4, 0.5) is 11.5 Å². The van der Waals surface area contributed by atoms with E-state index in [2.05, 4.69) is 38.1 Å². The number of nitrogens with two attached hydrogens (primary N) is 1. The van der Waals surface area contributed by atoms with Gasteiger partial charge in [-0.15, -0.1) is 0 Å². The highest BCUT2D eigenvalue weighted by atomic mass is 16.5. The number of nitrogens with zero attached hydrogens (tertiary/aromatic N) is 4. The number of aliphatic imine (C=N–C) groups is 1. The van der Waals surface area contributed by atoms with E-state index in [0.29, 0.717) is 12.5 Å². The summed E-state index contributed by atoms with van der Waals surface area (Å²) in [5.74, 6) is 2.16. The lowest BCUT2D eigenvalue weighted by molar-refractivity contribution is 0.270. The fourth-order valence-electron chi connectivity index (χ4n) is 3.09. The van der Waals surface area contributed by atoms with Crippen LogP contribution >= 0.6 is 0 Å². The Balaban J connectivity index is 1.59. The lowest BCUT2D eigenvalue weighted by Crippen LogP contribution is -2.46. The Kier molecular flexibility index (Phi) is 6.49. The van der Waals surface area contributed by atoms with Crippen molar-refractivity contribution in [2.75, 3.05) is 50.1 Å². The predicted octanol–water partition coefficient (Wildman–Crippen LogP) is 2.16. The molecule has 0 atom stereocenters. The molecule has 3 N–H and O–H groups in total. The number of anilines is 2. The van der Waals surface area contributed by atoms with Crippen molar-refractivity contribution in [2.24, 2.45) is 10.7 Å². The van der Waals surface area contributed by atoms with Gasteiger partial charge in [-0.3, -0.25) is 0 Å². The number of piperazine rings is 1. The van der Waals surface area contributed by atoms with E-state index in [9.17, 15) is 0 Å². The smallest absolute Gasteiger partial charge is 0.193 e. The van der Waals surface area contributed by atoms with Gasteiger partial charge in [0, 0.05) is 44.1 Å². The van der Waals surface area contributed by atoms with E-state index in [-0.39, 0.29) is 0 Å². The molecule has 0 saturated carbocycles. The molecule has 0 bridgehead atoms. The largest absolute Gasteiger partial charge is 0.497 e. The minimum Gasteiger partial charge on any atom is -0.497 e. The van der Waals surface area contributed by atoms with Gasteiger partial charge < -0.3 is 25.6 Å². The second kappa shape index (κ2) is 9.23. The molecule has 144 valence electrons. The van der Waals surface area contributed by atoms with Gasteiger partial charge in [0.25, 0.3) is 0 Å². The standard InChI is InChI=1S/C20H28N6O/c1-3-25-9-11-26(12-10-25)19-13-16(7-8-22-19)15-23-20(21)24-17-5-4-6-18(14-17)27-2/h4-8,13-14H,3,9-12,15H2,1-2H3,(H3,21,23,24). The summed E-state index contributed by atoms with van der Waals surface area (Å²) in [6.45, 7) is 8.00. The summed E-state index contributed by atoms with van der Waals surface area (Å²) in [5.41, 5.74) is 7.96. The van der Waals surface area contributed by atoms with E-state index in [1.807, 2.05) is 36.5 Å². The molecule has 0 amide bonds. The van der Waals surface area contributed by atoms with Crippen molar-refractivity contribution in [3.8, 4) is 5.75 Å². The molecule has 0 unspecified atom stereocenters. The van der Waals surface area contributed by atoms with Crippen molar-refractivity contribution in [2.45, 2.75) is 13.5 Å². The predicted molar refractivity (Wildman–Crippen MR) is 111 cm³/mol. The summed E-state index contributed by atoms with van der Waals surface area (Å²) in [5, 5.41) is 3.09. The quantitative estimate of drug-likeness (QED) is 0.601. The number of methoxy groups -OCH3 is 1. The normalized spacial score (nSPS) is 15.6. The van der Waals surface area contributed by atoms with E-state index >= 15 is 0 Å². The Morgan fingerprint density at radius 2 is 2.04 bits per heavy atom. The highest BCUT2D eigenvalue weighted by Crippen LogP contribution is 2.17. The summed E-state index contributed by atoms with van der Waals surface area (Å²) in [4.78, 5) is 13.8. The zero-order chi connectivity index (χ0) is 19.1. The minimum absolute atomic E-state index is 0.373. The molecule has 1 fully saturated rings. The third kappa shape index (κ3) is 5.34. The van der Waals surface area contributed by atoms with Crippen molar-refractivity contribution < 1.29 is 4.74 Å². The van der Waals surface area contributed by atoms with Crippen LogP contribution in [0.1, 0.15) is 12.5 Å². The summed E-state index contributed by atoms with van der Waals surface area (Å²) >= 11 is 0. The van der Waals surface area contributed by atoms with E-state index in [1.54, 1.807) is 7.11 Å². The van der Waals surface area contributed by atoms with Crippen LogP contribution in [0.2, 0.25) is 0 Å². The van der Waals surface area contributed by atoms with Crippen LogP contribution in [0.3, 0.4) is 0 Å². The first-order chi connectivity index (χ1) is 13.2. The maximum atomic E-state index is 6.02. The van der Waals surface area contributed by atoms with Crippen molar-refractivity contribution in [1.82, 2.24) is 9.88 Å². The Hall–Kier alpha value is -2.80. The van der Waals surface area contributed by atoms with Gasteiger partial charge in [-0.05, 0) is 36.4 Å². The Bertz CT molecular complexity index is 771. The minimum atomic E-state index is 0.373. The van der Waals surface area contributed by atoms with Gasteiger partial charge in [-0.25, -0.2) is 9.98 Å². The van der Waals surface area contributed by atoms with Crippen molar-refractivity contribution in [3.05, 3.63) is 48.2 Å². The first-order valence-corrected chi connectivity index (χ1v) is 9.31. The second-order valence-electron chi connectivity index (χ2n) is 6.50. The van der Waals surface area contributed by atoms with Crippen molar-refractivity contribution >= 4 is 17.5 Å². The molecule has 2 aromatic rings. The van der Waals surface area contributed by atoms with Crippen LogP contribution < -0.4 is 20.7 Å². The number of rotatable bonds is 6. The molecule has 0 aliphatic carbocycles. The molecule has 27 heavy (non-hydrogen) atoms. The number of ether oxygens (including phenoxy) is 1. The average Bonchev–Trinajstić information content (AvgIpc) is 2.72. The van der Waals surface area contributed by atoms with Gasteiger partial charge in [0.05, 0.1) is 13.7 Å². The molecule has 0 radical (unpaired) electrons. The molecule has 7 nitrogen and oxygen atoms in total. The number of nitrogens with one attached hydrogen (secondary N) is 1. The number of hydrogen-bond donors (Lipinski definition) is 2. The van der Waals surface area contributed by atoms with E-state index in [1.165, 1.54) is 0 Å². The van der Waals surface area contributed by atoms with Crippen molar-refractivity contribution in [3.63, 3.8) is 0 Å². The summed E-state index contributed by atoms with van der Waals surface area (Å²) < 4.78 is 5.21. The van der Waals surface area contributed by atoms with Crippen LogP contribution in [0.15, 0.2) is 47.6 Å². The number of likely N-dealkylation sites (N-methyl/N-ethyl adjacent to an activating group) is 1. The van der Waals surface area contributed by atoms with Gasteiger partial charge in [-0.2, -0.15) is 0 Å². The molecule has 1 aliphatic rings. The molecule has 1 aliphatic heterocycles. The second-order valence-corrected chi connectivity index (χ2v) is 6.50. The zero-order valence-electron chi connectivity index (χ0n) is 16.1. The number of guanidine groups is 1. The first-order valence-electron chi connectivity index (χ1n) is 9.31. The molecule has 0 spiro atoms. The molecule has 1 aromatic carbocycles. The van der Waals surface area contributed by atoms with Gasteiger partial charge in [-0.1, -0.05) is 13.0 Å². The molecule has 1 saturated heterocycles. The lowest BCUT2D eigenvalue weighted by atomic mass is 10.2. The van der Waals surface area contributed by atoms with Crippen LogP contribution in [0.25, 0.3) is 0 Å². The molecular formula is C20H28N6O. The maximum absolute atomic E-state index is 6.02. The Labute approximate surface area is 160 Å². The monoisotopic (exact) mass is 368 g/mol. The fourth-order valence-corrected chi connectivity index (χ4v) is 3.09. The SMILES string of the molecule is CCN1CCN(c2cc(CN=C(N)Nc3cccc(OC)c3)ccn2)CC1. The summed E-state index contributed by atoms with van der Waals surface area (Å²) in [6.07, 6.45) is 1.85. The molecular weight excluding hydrogens is 340 g/mol. The van der Waals surface area contributed by atoms with Crippen LogP contribution in [-0.2, 0) is 6.54 Å². The third-order valence-corrected chi connectivity index (χ3v) is 4.73. The number of hydrogen-bond acceptors (Lipinski definition) is 5. The maximum Gasteiger partial charge on any atom is 0.193 e. The van der Waals surface area contributed by atoms with Crippen molar-refractivity contribution in [1.29, 1.82) is 0 Å². The van der Waals surface area contributed by atoms with Gasteiger partial charge in [0.15, 0.2) is 5.96 Å². The van der Waals surface area contributed by atoms with E-state index < -0.39 is 0 Å².